The monoisotopic (exact) mass is 378 g/mol. The Balaban J connectivity index is 1.47. The molecule has 2 unspecified atom stereocenters. The molecule has 7 heteroatoms. The third kappa shape index (κ3) is 2.89. The summed E-state index contributed by atoms with van der Waals surface area (Å²) >= 11 is 0. The number of rotatable bonds is 3. The van der Waals surface area contributed by atoms with Gasteiger partial charge in [0.05, 0.1) is 5.41 Å². The van der Waals surface area contributed by atoms with Gasteiger partial charge in [0.1, 0.15) is 6.04 Å². The van der Waals surface area contributed by atoms with Crippen LogP contribution in [0.15, 0.2) is 48.5 Å². The van der Waals surface area contributed by atoms with Gasteiger partial charge in [0.25, 0.3) is 5.91 Å². The highest BCUT2D eigenvalue weighted by atomic mass is 16.2. The van der Waals surface area contributed by atoms with Crippen molar-refractivity contribution in [3.8, 4) is 0 Å². The fraction of sp³-hybridized carbons (Fsp3) is 0.286. The average Bonchev–Trinajstić information content (AvgIpc) is 3.24. The molecule has 0 aromatic heterocycles. The Morgan fingerprint density at radius 1 is 1.11 bits per heavy atom. The highest BCUT2D eigenvalue weighted by Gasteiger charge is 2.53. The van der Waals surface area contributed by atoms with Crippen LogP contribution in [-0.4, -0.2) is 49.3 Å². The van der Waals surface area contributed by atoms with Crippen molar-refractivity contribution in [2.75, 3.05) is 31.3 Å². The van der Waals surface area contributed by atoms with Crippen LogP contribution >= 0.6 is 0 Å². The van der Waals surface area contributed by atoms with Gasteiger partial charge in [-0.1, -0.05) is 18.2 Å². The summed E-state index contributed by atoms with van der Waals surface area (Å²) in [6.45, 7) is 0.489. The number of hydrogen-bond donors (Lipinski definition) is 3. The Morgan fingerprint density at radius 3 is 2.54 bits per heavy atom. The molecule has 0 saturated carbocycles. The summed E-state index contributed by atoms with van der Waals surface area (Å²) < 4.78 is 0. The first-order valence-corrected chi connectivity index (χ1v) is 9.18. The predicted molar refractivity (Wildman–Crippen MR) is 106 cm³/mol. The van der Waals surface area contributed by atoms with Gasteiger partial charge in [-0.2, -0.15) is 0 Å². The van der Waals surface area contributed by atoms with Crippen LogP contribution in [0, 0.1) is 0 Å². The molecular weight excluding hydrogens is 356 g/mol. The summed E-state index contributed by atoms with van der Waals surface area (Å²) in [7, 11) is 3.37. The zero-order valence-corrected chi connectivity index (χ0v) is 15.8. The fourth-order valence-electron chi connectivity index (χ4n) is 3.91. The molecule has 2 heterocycles. The summed E-state index contributed by atoms with van der Waals surface area (Å²) in [6.07, 6.45) is 0.402. The largest absolute Gasteiger partial charge is 0.383 e. The van der Waals surface area contributed by atoms with Crippen molar-refractivity contribution in [2.24, 2.45) is 0 Å². The van der Waals surface area contributed by atoms with Crippen LogP contribution in [0.3, 0.4) is 0 Å². The second kappa shape index (κ2) is 6.67. The molecule has 2 aromatic carbocycles. The third-order valence-corrected chi connectivity index (χ3v) is 5.44. The number of anilines is 2. The van der Waals surface area contributed by atoms with E-state index < -0.39 is 11.5 Å². The maximum atomic E-state index is 12.7. The maximum Gasteiger partial charge on any atom is 0.253 e. The molecule has 1 spiro atoms. The molecule has 0 radical (unpaired) electrons. The molecule has 3 N–H and O–H groups in total. The number of benzene rings is 2. The highest BCUT2D eigenvalue weighted by Crippen LogP contribution is 2.43. The van der Waals surface area contributed by atoms with E-state index in [1.54, 1.807) is 38.4 Å². The summed E-state index contributed by atoms with van der Waals surface area (Å²) in [5.74, 6) is -0.492. The molecular formula is C21H22N4O3. The van der Waals surface area contributed by atoms with E-state index in [1.807, 2.05) is 24.3 Å². The van der Waals surface area contributed by atoms with Gasteiger partial charge in [-0.05, 0) is 42.3 Å². The third-order valence-electron chi connectivity index (χ3n) is 5.44. The van der Waals surface area contributed by atoms with Crippen molar-refractivity contribution >= 4 is 29.1 Å². The Labute approximate surface area is 163 Å². The normalized spacial score (nSPS) is 22.4. The molecule has 2 aromatic rings. The number of hydrogen-bond acceptors (Lipinski definition) is 4. The van der Waals surface area contributed by atoms with Crippen molar-refractivity contribution in [3.63, 3.8) is 0 Å². The molecule has 3 amide bonds. The average molecular weight is 378 g/mol. The molecule has 2 aliphatic heterocycles. The first kappa shape index (κ1) is 18.0. The number of amides is 3. The maximum absolute atomic E-state index is 12.7. The van der Waals surface area contributed by atoms with Crippen LogP contribution < -0.4 is 16.0 Å². The quantitative estimate of drug-likeness (QED) is 0.756. The highest BCUT2D eigenvalue weighted by molar-refractivity contribution is 6.04. The van der Waals surface area contributed by atoms with Gasteiger partial charge in [0.15, 0.2) is 0 Å². The zero-order chi connectivity index (χ0) is 19.9. The van der Waals surface area contributed by atoms with Crippen LogP contribution in [0.5, 0.6) is 0 Å². The Bertz CT molecular complexity index is 954. The molecule has 2 aliphatic rings. The summed E-state index contributed by atoms with van der Waals surface area (Å²) in [6, 6.07) is 13.8. The lowest BCUT2D eigenvalue weighted by atomic mass is 9.79. The summed E-state index contributed by atoms with van der Waals surface area (Å²) in [5.41, 5.74) is 2.31. The number of carbonyl (C=O) groups excluding carboxylic acids is 3. The van der Waals surface area contributed by atoms with E-state index in [1.165, 1.54) is 4.90 Å². The van der Waals surface area contributed by atoms with Gasteiger partial charge in [-0.3, -0.25) is 14.4 Å². The lowest BCUT2D eigenvalue weighted by molar-refractivity contribution is -0.125. The van der Waals surface area contributed by atoms with Gasteiger partial charge in [0.2, 0.25) is 11.8 Å². The van der Waals surface area contributed by atoms with Crippen LogP contribution in [0.2, 0.25) is 0 Å². The van der Waals surface area contributed by atoms with E-state index in [9.17, 15) is 14.4 Å². The molecule has 28 heavy (non-hydrogen) atoms. The lowest BCUT2D eigenvalue weighted by Crippen LogP contribution is -2.39. The molecule has 0 aliphatic carbocycles. The van der Waals surface area contributed by atoms with E-state index in [2.05, 4.69) is 16.0 Å². The van der Waals surface area contributed by atoms with E-state index in [4.69, 9.17) is 0 Å². The standard InChI is InChI=1S/C21H22N4O3/c1-25(2)19(27)13-7-9-14(10-8-13)23-18(26)17-11-21(20(28)24-17)12-22-16-6-4-3-5-15(16)21/h3-10,17,22H,11-12H2,1-2H3,(H,23,26)(H,24,28). The van der Waals surface area contributed by atoms with Gasteiger partial charge in [-0.15, -0.1) is 0 Å². The lowest BCUT2D eigenvalue weighted by Gasteiger charge is -2.19. The molecule has 144 valence electrons. The van der Waals surface area contributed by atoms with Crippen LogP contribution in [0.25, 0.3) is 0 Å². The Morgan fingerprint density at radius 2 is 1.82 bits per heavy atom. The molecule has 0 bridgehead atoms. The van der Waals surface area contributed by atoms with Gasteiger partial charge < -0.3 is 20.9 Å². The predicted octanol–water partition coefficient (Wildman–Crippen LogP) is 1.58. The minimum absolute atomic E-state index is 0.102. The fourth-order valence-corrected chi connectivity index (χ4v) is 3.91. The SMILES string of the molecule is CN(C)C(=O)c1ccc(NC(=O)C2CC3(CNc4ccccc43)C(=O)N2)cc1. The van der Waals surface area contributed by atoms with Crippen molar-refractivity contribution in [2.45, 2.75) is 17.9 Å². The van der Waals surface area contributed by atoms with Gasteiger partial charge >= 0.3 is 0 Å². The van der Waals surface area contributed by atoms with Gasteiger partial charge in [-0.25, -0.2) is 0 Å². The number of para-hydroxylation sites is 1. The van der Waals surface area contributed by atoms with E-state index in [0.717, 1.165) is 11.3 Å². The number of nitrogens with zero attached hydrogens (tertiary/aromatic N) is 1. The number of fused-ring (bicyclic) bond motifs is 2. The first-order valence-electron chi connectivity index (χ1n) is 9.18. The van der Waals surface area contributed by atoms with Crippen molar-refractivity contribution < 1.29 is 14.4 Å². The van der Waals surface area contributed by atoms with Crippen molar-refractivity contribution in [3.05, 3.63) is 59.7 Å². The molecule has 2 atom stereocenters. The van der Waals surface area contributed by atoms with Gasteiger partial charge in [0, 0.05) is 37.6 Å². The Kier molecular flexibility index (Phi) is 4.30. The minimum atomic E-state index is -0.708. The van der Waals surface area contributed by atoms with E-state index >= 15 is 0 Å². The number of carbonyl (C=O) groups is 3. The second-order valence-electron chi connectivity index (χ2n) is 7.48. The van der Waals surface area contributed by atoms with E-state index in [-0.39, 0.29) is 17.7 Å². The topological polar surface area (TPSA) is 90.5 Å². The van der Waals surface area contributed by atoms with Crippen molar-refractivity contribution in [1.29, 1.82) is 0 Å². The van der Waals surface area contributed by atoms with Crippen LogP contribution in [-0.2, 0) is 15.0 Å². The summed E-state index contributed by atoms with van der Waals surface area (Å²) in [4.78, 5) is 38.9. The van der Waals surface area contributed by atoms with Crippen LogP contribution in [0.4, 0.5) is 11.4 Å². The number of nitrogens with one attached hydrogen (secondary N) is 3. The first-order chi connectivity index (χ1) is 13.4. The second-order valence-corrected chi connectivity index (χ2v) is 7.48. The van der Waals surface area contributed by atoms with Crippen molar-refractivity contribution in [1.82, 2.24) is 10.2 Å². The minimum Gasteiger partial charge on any atom is -0.383 e. The van der Waals surface area contributed by atoms with E-state index in [0.29, 0.717) is 24.2 Å². The molecule has 4 rings (SSSR count). The summed E-state index contributed by atoms with van der Waals surface area (Å²) in [5, 5.41) is 8.94. The zero-order valence-electron chi connectivity index (χ0n) is 15.8. The molecule has 1 fully saturated rings. The van der Waals surface area contributed by atoms with Crippen LogP contribution in [0.1, 0.15) is 22.3 Å². The molecule has 1 saturated heterocycles. The smallest absolute Gasteiger partial charge is 0.253 e. The Hall–Kier alpha value is -3.35. The molecule has 7 nitrogen and oxygen atoms in total.